The summed E-state index contributed by atoms with van der Waals surface area (Å²) in [6.07, 6.45) is 1.74. The topological polar surface area (TPSA) is 64.4 Å². The molecule has 0 radical (unpaired) electrons. The van der Waals surface area contributed by atoms with Crippen molar-refractivity contribution in [3.8, 4) is 11.1 Å². The van der Waals surface area contributed by atoms with Crippen molar-refractivity contribution >= 4 is 40.2 Å². The van der Waals surface area contributed by atoms with Gasteiger partial charge in [-0.15, -0.1) is 0 Å². The Morgan fingerprint density at radius 2 is 1.65 bits per heavy atom. The van der Waals surface area contributed by atoms with Gasteiger partial charge < -0.3 is 14.2 Å². The van der Waals surface area contributed by atoms with Crippen molar-refractivity contribution in [2.24, 2.45) is 0 Å². The van der Waals surface area contributed by atoms with Gasteiger partial charge in [-0.3, -0.25) is 4.79 Å². The first-order valence-corrected chi connectivity index (χ1v) is 15.0. The SMILES string of the molecule is CCCc1nc2c(Cl)cc(N3Cc4ccccc4C3=O)cc2n1Cc1ccc(-c2ccccc2C(=O)OC(C)(C)C)cc1. The Morgan fingerprint density at radius 1 is 0.953 bits per heavy atom. The number of anilines is 1. The lowest BCUT2D eigenvalue weighted by molar-refractivity contribution is 0.00703. The molecule has 1 aromatic heterocycles. The smallest absolute Gasteiger partial charge is 0.339 e. The first-order valence-electron chi connectivity index (χ1n) is 14.6. The predicted molar refractivity (Wildman–Crippen MR) is 172 cm³/mol. The van der Waals surface area contributed by atoms with E-state index in [4.69, 9.17) is 21.3 Å². The van der Waals surface area contributed by atoms with Gasteiger partial charge in [-0.1, -0.05) is 79.2 Å². The number of halogens is 1. The summed E-state index contributed by atoms with van der Waals surface area (Å²) < 4.78 is 7.85. The van der Waals surface area contributed by atoms with Gasteiger partial charge in [0.25, 0.3) is 5.91 Å². The minimum absolute atomic E-state index is 0.0203. The van der Waals surface area contributed by atoms with E-state index in [1.54, 1.807) is 11.0 Å². The Balaban J connectivity index is 1.33. The number of rotatable bonds is 7. The van der Waals surface area contributed by atoms with Crippen molar-refractivity contribution in [2.75, 3.05) is 4.90 Å². The minimum Gasteiger partial charge on any atom is -0.456 e. The summed E-state index contributed by atoms with van der Waals surface area (Å²) in [6, 6.07) is 27.3. The Labute approximate surface area is 256 Å². The quantitative estimate of drug-likeness (QED) is 0.178. The molecule has 0 saturated carbocycles. The minimum atomic E-state index is -0.577. The Morgan fingerprint density at radius 3 is 2.35 bits per heavy atom. The maximum Gasteiger partial charge on any atom is 0.339 e. The lowest BCUT2D eigenvalue weighted by atomic mass is 9.98. The molecule has 5 aromatic rings. The molecule has 6 nitrogen and oxygen atoms in total. The van der Waals surface area contributed by atoms with Gasteiger partial charge in [-0.2, -0.15) is 0 Å². The average Bonchev–Trinajstić information content (AvgIpc) is 3.50. The van der Waals surface area contributed by atoms with Gasteiger partial charge in [0.05, 0.1) is 22.6 Å². The van der Waals surface area contributed by atoms with Crippen LogP contribution in [0.25, 0.3) is 22.2 Å². The summed E-state index contributed by atoms with van der Waals surface area (Å²) in [5, 5.41) is 0.529. The molecule has 0 saturated heterocycles. The summed E-state index contributed by atoms with van der Waals surface area (Å²) in [6.45, 7) is 8.84. The van der Waals surface area contributed by atoms with Crippen molar-refractivity contribution in [1.82, 2.24) is 9.55 Å². The molecule has 1 amide bonds. The van der Waals surface area contributed by atoms with Crippen LogP contribution >= 0.6 is 11.6 Å². The van der Waals surface area contributed by atoms with E-state index < -0.39 is 5.60 Å². The van der Waals surface area contributed by atoms with Crippen LogP contribution < -0.4 is 4.90 Å². The first kappa shape index (κ1) is 28.7. The van der Waals surface area contributed by atoms with Gasteiger partial charge in [-0.05, 0) is 73.7 Å². The third kappa shape index (κ3) is 5.67. The fraction of sp³-hybridized carbons (Fsp3) is 0.250. The predicted octanol–water partition coefficient (Wildman–Crippen LogP) is 8.47. The number of nitrogens with zero attached hydrogens (tertiary/aromatic N) is 3. The van der Waals surface area contributed by atoms with Gasteiger partial charge in [0.15, 0.2) is 0 Å². The molecule has 0 unspecified atom stereocenters. The Bertz CT molecular complexity index is 1850. The molecule has 7 heteroatoms. The van der Waals surface area contributed by atoms with Crippen LogP contribution in [0, 0.1) is 0 Å². The fourth-order valence-corrected chi connectivity index (χ4v) is 5.89. The molecule has 0 bridgehead atoms. The second kappa shape index (κ2) is 11.3. The third-order valence-electron chi connectivity index (χ3n) is 7.63. The van der Waals surface area contributed by atoms with Crippen LogP contribution in [0.3, 0.4) is 0 Å². The molecule has 0 fully saturated rings. The molecule has 43 heavy (non-hydrogen) atoms. The molecule has 6 rings (SSSR count). The van der Waals surface area contributed by atoms with Crippen molar-refractivity contribution in [2.45, 2.75) is 59.2 Å². The van der Waals surface area contributed by atoms with Gasteiger partial charge in [0.2, 0.25) is 0 Å². The van der Waals surface area contributed by atoms with E-state index >= 15 is 0 Å². The number of aryl methyl sites for hydroxylation is 1. The van der Waals surface area contributed by atoms with Crippen LogP contribution in [-0.2, 0) is 24.2 Å². The Kier molecular flexibility index (Phi) is 7.57. The number of aromatic nitrogens is 2. The summed E-state index contributed by atoms with van der Waals surface area (Å²) in [4.78, 5) is 32.9. The first-order chi connectivity index (χ1) is 20.6. The van der Waals surface area contributed by atoms with Crippen molar-refractivity contribution in [1.29, 1.82) is 0 Å². The molecule has 0 atom stereocenters. The summed E-state index contributed by atoms with van der Waals surface area (Å²) in [7, 11) is 0. The molecule has 2 heterocycles. The monoisotopic (exact) mass is 591 g/mol. The highest BCUT2D eigenvalue weighted by Crippen LogP contribution is 2.35. The van der Waals surface area contributed by atoms with Crippen LogP contribution in [0.4, 0.5) is 5.69 Å². The molecular formula is C36H34ClN3O3. The number of carbonyl (C=O) groups is 2. The van der Waals surface area contributed by atoms with Crippen LogP contribution in [-0.4, -0.2) is 27.0 Å². The highest BCUT2D eigenvalue weighted by Gasteiger charge is 2.29. The summed E-state index contributed by atoms with van der Waals surface area (Å²) >= 11 is 6.81. The molecule has 1 aliphatic rings. The standard InChI is InChI=1S/C36H34ClN3O3/c1-5-10-32-38-33-30(37)19-26(39-22-25-11-6-7-13-28(25)34(39)41)20-31(33)40(32)21-23-15-17-24(18-16-23)27-12-8-9-14-29(27)35(42)43-36(2,3)4/h6-9,11-20H,5,10,21-22H2,1-4H3. The number of hydrogen-bond acceptors (Lipinski definition) is 4. The van der Waals surface area contributed by atoms with E-state index in [1.165, 1.54) is 0 Å². The largest absolute Gasteiger partial charge is 0.456 e. The van der Waals surface area contributed by atoms with Gasteiger partial charge in [0.1, 0.15) is 16.9 Å². The number of fused-ring (bicyclic) bond motifs is 2. The fourth-order valence-electron chi connectivity index (χ4n) is 5.64. The van der Waals surface area contributed by atoms with E-state index in [0.29, 0.717) is 23.7 Å². The van der Waals surface area contributed by atoms with Crippen molar-refractivity contribution < 1.29 is 14.3 Å². The lowest BCUT2D eigenvalue weighted by Gasteiger charge is -2.20. The van der Waals surface area contributed by atoms with Crippen LogP contribution in [0.15, 0.2) is 84.9 Å². The van der Waals surface area contributed by atoms with Crippen LogP contribution in [0.1, 0.15) is 71.8 Å². The molecule has 4 aromatic carbocycles. The average molecular weight is 592 g/mol. The number of hydrogen-bond donors (Lipinski definition) is 0. The van der Waals surface area contributed by atoms with Gasteiger partial charge in [0, 0.05) is 24.2 Å². The van der Waals surface area contributed by atoms with E-state index in [-0.39, 0.29) is 11.9 Å². The zero-order valence-corrected chi connectivity index (χ0v) is 25.6. The maximum absolute atomic E-state index is 13.2. The molecular weight excluding hydrogens is 558 g/mol. The number of esters is 1. The zero-order chi connectivity index (χ0) is 30.3. The van der Waals surface area contributed by atoms with E-state index in [2.05, 4.69) is 23.6 Å². The maximum atomic E-state index is 13.2. The number of amides is 1. The molecule has 1 aliphatic heterocycles. The number of ether oxygens (including phenoxy) is 1. The second-order valence-corrected chi connectivity index (χ2v) is 12.4. The zero-order valence-electron chi connectivity index (χ0n) is 24.9. The molecule has 218 valence electrons. The number of imidazole rings is 1. The highest BCUT2D eigenvalue weighted by molar-refractivity contribution is 6.35. The van der Waals surface area contributed by atoms with Gasteiger partial charge >= 0.3 is 5.97 Å². The van der Waals surface area contributed by atoms with E-state index in [9.17, 15) is 9.59 Å². The summed E-state index contributed by atoms with van der Waals surface area (Å²) in [5.41, 5.74) is 6.95. The Hall–Kier alpha value is -4.42. The molecule has 0 aliphatic carbocycles. The normalized spacial score (nSPS) is 13.0. The third-order valence-corrected chi connectivity index (χ3v) is 7.92. The molecule has 0 spiro atoms. The van der Waals surface area contributed by atoms with E-state index in [1.807, 2.05) is 87.5 Å². The van der Waals surface area contributed by atoms with Gasteiger partial charge in [-0.25, -0.2) is 9.78 Å². The van der Waals surface area contributed by atoms with Crippen LogP contribution in [0.5, 0.6) is 0 Å². The van der Waals surface area contributed by atoms with Crippen molar-refractivity contribution in [3.63, 3.8) is 0 Å². The number of benzene rings is 4. The molecule has 0 N–H and O–H groups in total. The van der Waals surface area contributed by atoms with Crippen LogP contribution in [0.2, 0.25) is 5.02 Å². The van der Waals surface area contributed by atoms with E-state index in [0.717, 1.165) is 63.2 Å². The lowest BCUT2D eigenvalue weighted by Crippen LogP contribution is -2.24. The second-order valence-electron chi connectivity index (χ2n) is 12.0. The highest BCUT2D eigenvalue weighted by atomic mass is 35.5. The summed E-state index contributed by atoms with van der Waals surface area (Å²) in [5.74, 6) is 0.591. The van der Waals surface area contributed by atoms with Crippen molar-refractivity contribution in [3.05, 3.63) is 118 Å². The number of carbonyl (C=O) groups excluding carboxylic acids is 2.